The molecule has 0 unspecified atom stereocenters. The predicted molar refractivity (Wildman–Crippen MR) is 90.7 cm³/mol. The van der Waals surface area contributed by atoms with Gasteiger partial charge in [0.05, 0.1) is 13.2 Å². The Labute approximate surface area is 145 Å². The molecule has 0 spiro atoms. The number of carbonyl (C=O) groups is 2. The number of esters is 2. The first-order chi connectivity index (χ1) is 12.2. The maximum atomic E-state index is 12.0. The first kappa shape index (κ1) is 18.3. The van der Waals surface area contributed by atoms with Crippen molar-refractivity contribution >= 4 is 17.6 Å². The molecule has 1 aromatic heterocycles. The zero-order valence-corrected chi connectivity index (χ0v) is 14.2. The molecule has 0 aliphatic rings. The fraction of sp³-hybridized carbons (Fsp3) is 0.353. The van der Waals surface area contributed by atoms with E-state index in [1.54, 1.807) is 24.8 Å². The van der Waals surface area contributed by atoms with Gasteiger partial charge in [-0.15, -0.1) is 0 Å². The molecule has 0 saturated heterocycles. The van der Waals surface area contributed by atoms with Gasteiger partial charge in [-0.3, -0.25) is 9.59 Å². The lowest BCUT2D eigenvalue weighted by molar-refractivity contribution is -0.142. The summed E-state index contributed by atoms with van der Waals surface area (Å²) in [6.07, 6.45) is 2.78. The maximum Gasteiger partial charge on any atom is 0.325 e. The van der Waals surface area contributed by atoms with E-state index in [4.69, 9.17) is 9.47 Å². The second-order valence-electron chi connectivity index (χ2n) is 4.95. The van der Waals surface area contributed by atoms with Gasteiger partial charge in [-0.25, -0.2) is 15.0 Å². The summed E-state index contributed by atoms with van der Waals surface area (Å²) in [7, 11) is 0. The van der Waals surface area contributed by atoms with Gasteiger partial charge < -0.3 is 14.4 Å². The van der Waals surface area contributed by atoms with E-state index in [-0.39, 0.29) is 26.3 Å². The smallest absolute Gasteiger partial charge is 0.325 e. The van der Waals surface area contributed by atoms with Crippen LogP contribution in [0, 0.1) is 0 Å². The van der Waals surface area contributed by atoms with Gasteiger partial charge in [-0.05, 0) is 26.0 Å². The molecule has 8 nitrogen and oxygen atoms in total. The first-order valence-corrected chi connectivity index (χ1v) is 7.93. The van der Waals surface area contributed by atoms with E-state index in [2.05, 4.69) is 15.0 Å². The van der Waals surface area contributed by atoms with Gasteiger partial charge in [0.1, 0.15) is 25.7 Å². The molecule has 0 saturated carbocycles. The van der Waals surface area contributed by atoms with Gasteiger partial charge in [0.15, 0.2) is 5.82 Å². The number of carbonyl (C=O) groups excluding carboxylic acids is 2. The molecule has 25 heavy (non-hydrogen) atoms. The van der Waals surface area contributed by atoms with Gasteiger partial charge in [0.25, 0.3) is 0 Å². The van der Waals surface area contributed by atoms with E-state index >= 15 is 0 Å². The average molecular weight is 344 g/mol. The molecular formula is C17H20N4O4. The van der Waals surface area contributed by atoms with Crippen LogP contribution in [0.4, 0.5) is 5.69 Å². The Kier molecular flexibility index (Phi) is 6.82. The van der Waals surface area contributed by atoms with Crippen molar-refractivity contribution in [2.75, 3.05) is 31.2 Å². The van der Waals surface area contributed by atoms with Crippen molar-refractivity contribution in [2.24, 2.45) is 0 Å². The molecule has 0 aliphatic heterocycles. The lowest BCUT2D eigenvalue weighted by atomic mass is 10.1. The van der Waals surface area contributed by atoms with Crippen molar-refractivity contribution in [3.8, 4) is 11.4 Å². The Balaban J connectivity index is 2.36. The Hall–Kier alpha value is -3.03. The topological polar surface area (TPSA) is 94.5 Å². The van der Waals surface area contributed by atoms with Gasteiger partial charge >= 0.3 is 11.9 Å². The molecule has 1 heterocycles. The normalized spacial score (nSPS) is 10.2. The van der Waals surface area contributed by atoms with Gasteiger partial charge in [0.2, 0.25) is 0 Å². The van der Waals surface area contributed by atoms with Gasteiger partial charge in [0, 0.05) is 11.3 Å². The van der Waals surface area contributed by atoms with Crippen molar-refractivity contribution < 1.29 is 19.1 Å². The van der Waals surface area contributed by atoms with Gasteiger partial charge in [-0.1, -0.05) is 12.1 Å². The molecule has 8 heteroatoms. The maximum absolute atomic E-state index is 12.0. The number of benzene rings is 1. The molecule has 0 radical (unpaired) electrons. The molecule has 1 aromatic carbocycles. The molecule has 0 amide bonds. The summed E-state index contributed by atoms with van der Waals surface area (Å²) in [5.41, 5.74) is 1.31. The number of ether oxygens (including phenoxy) is 2. The molecule has 0 fully saturated rings. The van der Waals surface area contributed by atoms with Crippen LogP contribution in [-0.4, -0.2) is 53.2 Å². The Morgan fingerprint density at radius 3 is 2.08 bits per heavy atom. The van der Waals surface area contributed by atoms with E-state index in [1.807, 2.05) is 18.2 Å². The standard InChI is InChI=1S/C17H20N4O4/c1-3-24-15(22)9-21(10-16(23)25-4-2)14-8-6-5-7-13(14)17-19-11-18-12-20-17/h5-8,11-12H,3-4,9-10H2,1-2H3. The number of nitrogens with zero attached hydrogens (tertiary/aromatic N) is 4. The van der Waals surface area contributed by atoms with E-state index < -0.39 is 11.9 Å². The minimum atomic E-state index is -0.433. The molecule has 0 aliphatic carbocycles. The van der Waals surface area contributed by atoms with Crippen LogP contribution in [0.5, 0.6) is 0 Å². The van der Waals surface area contributed by atoms with Crippen molar-refractivity contribution in [1.82, 2.24) is 15.0 Å². The van der Waals surface area contributed by atoms with E-state index in [0.29, 0.717) is 17.1 Å². The lowest BCUT2D eigenvalue weighted by Crippen LogP contribution is -2.36. The summed E-state index contributed by atoms with van der Waals surface area (Å²) in [4.78, 5) is 37.6. The van der Waals surface area contributed by atoms with Crippen LogP contribution in [0.25, 0.3) is 11.4 Å². The molecule has 2 rings (SSSR count). The van der Waals surface area contributed by atoms with Crippen LogP contribution in [-0.2, 0) is 19.1 Å². The lowest BCUT2D eigenvalue weighted by Gasteiger charge is -2.24. The Morgan fingerprint density at radius 2 is 1.52 bits per heavy atom. The molecule has 0 bridgehead atoms. The Bertz CT molecular complexity index is 689. The van der Waals surface area contributed by atoms with Crippen molar-refractivity contribution in [3.63, 3.8) is 0 Å². The van der Waals surface area contributed by atoms with Crippen LogP contribution in [0.1, 0.15) is 13.8 Å². The molecule has 0 N–H and O–H groups in total. The summed E-state index contributed by atoms with van der Waals surface area (Å²) in [6.45, 7) is 3.81. The number of para-hydroxylation sites is 1. The summed E-state index contributed by atoms with van der Waals surface area (Å²) in [5, 5.41) is 0. The van der Waals surface area contributed by atoms with Crippen molar-refractivity contribution in [1.29, 1.82) is 0 Å². The van der Waals surface area contributed by atoms with Crippen LogP contribution in [0.2, 0.25) is 0 Å². The third-order valence-corrected chi connectivity index (χ3v) is 3.23. The summed E-state index contributed by atoms with van der Waals surface area (Å²) in [6, 6.07) is 7.24. The molecule has 132 valence electrons. The molecular weight excluding hydrogens is 324 g/mol. The zero-order valence-electron chi connectivity index (χ0n) is 14.2. The number of hydrogen-bond donors (Lipinski definition) is 0. The number of hydrogen-bond acceptors (Lipinski definition) is 8. The quantitative estimate of drug-likeness (QED) is 0.665. The fourth-order valence-corrected chi connectivity index (χ4v) is 2.27. The second kappa shape index (κ2) is 9.31. The van der Waals surface area contributed by atoms with Crippen molar-refractivity contribution in [2.45, 2.75) is 13.8 Å². The van der Waals surface area contributed by atoms with Crippen LogP contribution in [0.3, 0.4) is 0 Å². The van der Waals surface area contributed by atoms with Crippen LogP contribution >= 0.6 is 0 Å². The summed E-state index contributed by atoms with van der Waals surface area (Å²) < 4.78 is 10.0. The number of rotatable bonds is 8. The minimum absolute atomic E-state index is 0.0885. The number of anilines is 1. The summed E-state index contributed by atoms with van der Waals surface area (Å²) in [5.74, 6) is -0.419. The monoisotopic (exact) mass is 344 g/mol. The second-order valence-corrected chi connectivity index (χ2v) is 4.95. The van der Waals surface area contributed by atoms with Crippen LogP contribution in [0.15, 0.2) is 36.9 Å². The highest BCUT2D eigenvalue weighted by molar-refractivity contribution is 5.85. The first-order valence-electron chi connectivity index (χ1n) is 7.93. The van der Waals surface area contributed by atoms with Gasteiger partial charge in [-0.2, -0.15) is 0 Å². The average Bonchev–Trinajstić information content (AvgIpc) is 2.62. The number of aromatic nitrogens is 3. The highest BCUT2D eigenvalue weighted by Crippen LogP contribution is 2.28. The molecule has 2 aromatic rings. The largest absolute Gasteiger partial charge is 0.465 e. The highest BCUT2D eigenvalue weighted by atomic mass is 16.5. The Morgan fingerprint density at radius 1 is 0.960 bits per heavy atom. The summed E-state index contributed by atoms with van der Waals surface area (Å²) >= 11 is 0. The fourth-order valence-electron chi connectivity index (χ4n) is 2.27. The molecule has 0 atom stereocenters. The van der Waals surface area contributed by atoms with Crippen molar-refractivity contribution in [3.05, 3.63) is 36.9 Å². The van der Waals surface area contributed by atoms with Crippen LogP contribution < -0.4 is 4.90 Å². The van der Waals surface area contributed by atoms with E-state index in [1.165, 1.54) is 12.7 Å². The van der Waals surface area contributed by atoms with E-state index in [0.717, 1.165) is 0 Å². The highest BCUT2D eigenvalue weighted by Gasteiger charge is 2.20. The zero-order chi connectivity index (χ0) is 18.1. The third-order valence-electron chi connectivity index (χ3n) is 3.23. The van der Waals surface area contributed by atoms with E-state index in [9.17, 15) is 9.59 Å². The predicted octanol–water partition coefficient (Wildman–Crippen LogP) is 1.47. The SMILES string of the molecule is CCOC(=O)CN(CC(=O)OCC)c1ccccc1-c1ncncn1. The minimum Gasteiger partial charge on any atom is -0.465 e. The third kappa shape index (κ3) is 5.23.